The number of carboxylic acid groups (broad SMARTS) is 1. The Morgan fingerprint density at radius 3 is 2.81 bits per heavy atom. The Bertz CT molecular complexity index is 979. The Hall–Kier alpha value is -2.73. The van der Waals surface area contributed by atoms with E-state index >= 15 is 0 Å². The first kappa shape index (κ1) is 17.7. The highest BCUT2D eigenvalue weighted by Crippen LogP contribution is 2.31. The number of aromatic nitrogens is 2. The van der Waals surface area contributed by atoms with Gasteiger partial charge in [-0.05, 0) is 56.0 Å². The van der Waals surface area contributed by atoms with Crippen LogP contribution < -0.4 is 9.47 Å². The number of ether oxygens (including phenoxy) is 2. The lowest BCUT2D eigenvalue weighted by Gasteiger charge is -2.17. The molecule has 0 atom stereocenters. The first-order valence-corrected chi connectivity index (χ1v) is 9.28. The molecule has 2 aromatic carbocycles. The molecule has 0 bridgehead atoms. The second kappa shape index (κ2) is 7.48. The van der Waals surface area contributed by atoms with Gasteiger partial charge in [0.2, 0.25) is 0 Å². The van der Waals surface area contributed by atoms with Crippen LogP contribution in [0.5, 0.6) is 11.5 Å². The van der Waals surface area contributed by atoms with Crippen molar-refractivity contribution in [3.05, 3.63) is 53.2 Å². The molecule has 1 aliphatic rings. The third-order valence-electron chi connectivity index (χ3n) is 4.78. The van der Waals surface area contributed by atoms with Gasteiger partial charge >= 0.3 is 6.16 Å². The summed E-state index contributed by atoms with van der Waals surface area (Å²) >= 11 is 6.20. The van der Waals surface area contributed by atoms with Gasteiger partial charge in [0.05, 0.1) is 29.7 Å². The monoisotopic (exact) mass is 386 g/mol. The minimum atomic E-state index is -1.35. The Morgan fingerprint density at radius 2 is 2.04 bits per heavy atom. The normalized spacial score (nSPS) is 14.6. The van der Waals surface area contributed by atoms with E-state index in [4.69, 9.17) is 26.2 Å². The minimum absolute atomic E-state index is 0.245. The second-order valence-electron chi connectivity index (χ2n) is 6.64. The number of hydrogen-bond donors (Lipinski definition) is 1. The topological polar surface area (TPSA) is 73.6 Å². The summed E-state index contributed by atoms with van der Waals surface area (Å²) < 4.78 is 12.8. The number of benzene rings is 2. The predicted octanol–water partition coefficient (Wildman–Crippen LogP) is 5.12. The van der Waals surface area contributed by atoms with Crippen molar-refractivity contribution in [1.82, 2.24) is 9.78 Å². The molecular weight excluding hydrogens is 368 g/mol. The van der Waals surface area contributed by atoms with Crippen molar-refractivity contribution < 1.29 is 19.4 Å². The standard InChI is InChI=1S/C20H19ClN2O4/c21-14-8-9-18(26-15-4-1-2-5-15)13(10-14)12-23-17-6-3-7-19(27-20(24)25)16(17)11-22-23/h3,6-11,15H,1-2,4-5,12H2,(H,24,25). The molecule has 1 aliphatic carbocycles. The number of fused-ring (bicyclic) bond motifs is 1. The van der Waals surface area contributed by atoms with E-state index in [1.54, 1.807) is 23.0 Å². The molecule has 0 unspecified atom stereocenters. The molecule has 1 saturated carbocycles. The van der Waals surface area contributed by atoms with Gasteiger partial charge in [0.1, 0.15) is 11.5 Å². The number of carbonyl (C=O) groups is 1. The quantitative estimate of drug-likeness (QED) is 0.486. The summed E-state index contributed by atoms with van der Waals surface area (Å²) in [4.78, 5) is 10.9. The molecule has 1 aromatic heterocycles. The Balaban J connectivity index is 1.66. The van der Waals surface area contributed by atoms with Gasteiger partial charge in [0, 0.05) is 10.6 Å². The number of hydrogen-bond acceptors (Lipinski definition) is 4. The SMILES string of the molecule is O=C(O)Oc1cccc2c1cnn2Cc1cc(Cl)ccc1OC1CCCC1. The molecular formula is C20H19ClN2O4. The molecule has 140 valence electrons. The fraction of sp³-hybridized carbons (Fsp3) is 0.300. The van der Waals surface area contributed by atoms with Crippen LogP contribution in [0.4, 0.5) is 4.79 Å². The van der Waals surface area contributed by atoms with Crippen molar-refractivity contribution >= 4 is 28.7 Å². The minimum Gasteiger partial charge on any atom is -0.490 e. The van der Waals surface area contributed by atoms with Gasteiger partial charge in [0.15, 0.2) is 0 Å². The second-order valence-corrected chi connectivity index (χ2v) is 7.07. The summed E-state index contributed by atoms with van der Waals surface area (Å²) in [5, 5.41) is 14.6. The average molecular weight is 387 g/mol. The average Bonchev–Trinajstić information content (AvgIpc) is 3.28. The van der Waals surface area contributed by atoms with Gasteiger partial charge in [0.25, 0.3) is 0 Å². The van der Waals surface area contributed by atoms with E-state index in [1.807, 2.05) is 24.3 Å². The van der Waals surface area contributed by atoms with Crippen LogP contribution in [0.15, 0.2) is 42.6 Å². The van der Waals surface area contributed by atoms with Crippen LogP contribution in [0.2, 0.25) is 5.02 Å². The maximum Gasteiger partial charge on any atom is 0.511 e. The van der Waals surface area contributed by atoms with Crippen LogP contribution in [0.1, 0.15) is 31.2 Å². The van der Waals surface area contributed by atoms with Crippen LogP contribution in [0.25, 0.3) is 10.9 Å². The zero-order chi connectivity index (χ0) is 18.8. The highest BCUT2D eigenvalue weighted by molar-refractivity contribution is 6.30. The molecule has 1 fully saturated rings. The highest BCUT2D eigenvalue weighted by Gasteiger charge is 2.19. The summed E-state index contributed by atoms with van der Waals surface area (Å²) in [6.07, 6.45) is 5.04. The smallest absolute Gasteiger partial charge is 0.490 e. The fourth-order valence-corrected chi connectivity index (χ4v) is 3.71. The summed E-state index contributed by atoms with van der Waals surface area (Å²) in [7, 11) is 0. The Labute approximate surface area is 161 Å². The van der Waals surface area contributed by atoms with Crippen molar-refractivity contribution in [2.24, 2.45) is 0 Å². The molecule has 3 aromatic rings. The maximum absolute atomic E-state index is 10.9. The van der Waals surface area contributed by atoms with Gasteiger partial charge in [-0.25, -0.2) is 4.79 Å². The van der Waals surface area contributed by atoms with Crippen LogP contribution >= 0.6 is 11.6 Å². The van der Waals surface area contributed by atoms with Crippen molar-refractivity contribution in [3.63, 3.8) is 0 Å². The molecule has 0 spiro atoms. The van der Waals surface area contributed by atoms with Crippen molar-refractivity contribution in [2.75, 3.05) is 0 Å². The van der Waals surface area contributed by atoms with Crippen LogP contribution in [-0.2, 0) is 6.54 Å². The van der Waals surface area contributed by atoms with Crippen LogP contribution in [0.3, 0.4) is 0 Å². The summed E-state index contributed by atoms with van der Waals surface area (Å²) in [5.41, 5.74) is 1.71. The van der Waals surface area contributed by atoms with E-state index in [2.05, 4.69) is 5.10 Å². The first-order chi connectivity index (χ1) is 13.1. The van der Waals surface area contributed by atoms with Gasteiger partial charge in [-0.3, -0.25) is 4.68 Å². The van der Waals surface area contributed by atoms with Crippen LogP contribution in [-0.4, -0.2) is 27.1 Å². The Kier molecular flexibility index (Phi) is 4.90. The summed E-state index contributed by atoms with van der Waals surface area (Å²) in [6, 6.07) is 10.8. The summed E-state index contributed by atoms with van der Waals surface area (Å²) in [5.74, 6) is 1.08. The molecule has 4 rings (SSSR count). The van der Waals surface area contributed by atoms with Crippen molar-refractivity contribution in [3.8, 4) is 11.5 Å². The molecule has 0 radical (unpaired) electrons. The lowest BCUT2D eigenvalue weighted by Crippen LogP contribution is -2.13. The molecule has 0 aliphatic heterocycles. The molecule has 1 heterocycles. The van der Waals surface area contributed by atoms with E-state index < -0.39 is 6.16 Å². The van der Waals surface area contributed by atoms with Gasteiger partial charge < -0.3 is 14.6 Å². The van der Waals surface area contributed by atoms with Crippen LogP contribution in [0, 0.1) is 0 Å². The number of nitrogens with zero attached hydrogens (tertiary/aromatic N) is 2. The molecule has 27 heavy (non-hydrogen) atoms. The third-order valence-corrected chi connectivity index (χ3v) is 5.02. The Morgan fingerprint density at radius 1 is 1.22 bits per heavy atom. The number of rotatable bonds is 5. The molecule has 7 heteroatoms. The van der Waals surface area contributed by atoms with E-state index in [9.17, 15) is 4.79 Å². The zero-order valence-electron chi connectivity index (χ0n) is 14.6. The van der Waals surface area contributed by atoms with E-state index in [1.165, 1.54) is 12.8 Å². The van der Waals surface area contributed by atoms with Gasteiger partial charge in [-0.2, -0.15) is 5.10 Å². The van der Waals surface area contributed by atoms with E-state index in [0.717, 1.165) is 29.7 Å². The van der Waals surface area contributed by atoms with Crippen molar-refractivity contribution in [1.29, 1.82) is 0 Å². The lowest BCUT2D eigenvalue weighted by molar-refractivity contribution is 0.145. The van der Waals surface area contributed by atoms with E-state index in [0.29, 0.717) is 17.0 Å². The zero-order valence-corrected chi connectivity index (χ0v) is 15.4. The van der Waals surface area contributed by atoms with Gasteiger partial charge in [-0.15, -0.1) is 0 Å². The molecule has 6 nitrogen and oxygen atoms in total. The summed E-state index contributed by atoms with van der Waals surface area (Å²) in [6.45, 7) is 0.461. The fourth-order valence-electron chi connectivity index (χ4n) is 3.52. The predicted molar refractivity (Wildman–Crippen MR) is 102 cm³/mol. The largest absolute Gasteiger partial charge is 0.511 e. The lowest BCUT2D eigenvalue weighted by atomic mass is 10.2. The molecule has 0 amide bonds. The van der Waals surface area contributed by atoms with Crippen molar-refractivity contribution in [2.45, 2.75) is 38.3 Å². The van der Waals surface area contributed by atoms with E-state index in [-0.39, 0.29) is 11.9 Å². The maximum atomic E-state index is 10.9. The third kappa shape index (κ3) is 3.85. The number of halogens is 1. The first-order valence-electron chi connectivity index (χ1n) is 8.90. The molecule has 0 saturated heterocycles. The molecule has 1 N–H and O–H groups in total. The van der Waals surface area contributed by atoms with Gasteiger partial charge in [-0.1, -0.05) is 17.7 Å². The highest BCUT2D eigenvalue weighted by atomic mass is 35.5.